The Labute approximate surface area is 116 Å². The SMILES string of the molecule is Cc1cc(F)c(NC(C)c2ccccc2Cl)cc1F. The molecule has 100 valence electrons. The van der Waals surface area contributed by atoms with E-state index in [0.717, 1.165) is 11.6 Å². The summed E-state index contributed by atoms with van der Waals surface area (Å²) in [6, 6.07) is 9.42. The predicted octanol–water partition coefficient (Wildman–Crippen LogP) is 5.10. The van der Waals surface area contributed by atoms with Gasteiger partial charge in [-0.15, -0.1) is 0 Å². The van der Waals surface area contributed by atoms with Gasteiger partial charge in [0.05, 0.1) is 11.7 Å². The van der Waals surface area contributed by atoms with Gasteiger partial charge in [-0.1, -0.05) is 29.8 Å². The average molecular weight is 282 g/mol. The molecule has 0 saturated carbocycles. The van der Waals surface area contributed by atoms with Crippen molar-refractivity contribution in [1.82, 2.24) is 0 Å². The van der Waals surface area contributed by atoms with Gasteiger partial charge in [-0.2, -0.15) is 0 Å². The monoisotopic (exact) mass is 281 g/mol. The highest BCUT2D eigenvalue weighted by molar-refractivity contribution is 6.31. The van der Waals surface area contributed by atoms with Crippen LogP contribution in [0.4, 0.5) is 14.5 Å². The third kappa shape index (κ3) is 3.04. The molecule has 0 aliphatic carbocycles. The maximum Gasteiger partial charge on any atom is 0.146 e. The molecule has 0 aliphatic heterocycles. The highest BCUT2D eigenvalue weighted by atomic mass is 35.5. The first kappa shape index (κ1) is 13.8. The maximum atomic E-state index is 13.7. The van der Waals surface area contributed by atoms with Gasteiger partial charge in [-0.3, -0.25) is 0 Å². The Hall–Kier alpha value is -1.61. The second kappa shape index (κ2) is 5.57. The summed E-state index contributed by atoms with van der Waals surface area (Å²) in [7, 11) is 0. The number of nitrogens with one attached hydrogen (secondary N) is 1. The molecule has 2 aromatic carbocycles. The van der Waals surface area contributed by atoms with Crippen LogP contribution in [0, 0.1) is 18.6 Å². The zero-order valence-corrected chi connectivity index (χ0v) is 11.4. The van der Waals surface area contributed by atoms with Crippen LogP contribution in [0.1, 0.15) is 24.1 Å². The van der Waals surface area contributed by atoms with Crippen molar-refractivity contribution in [2.24, 2.45) is 0 Å². The molecule has 0 heterocycles. The Bertz CT molecular complexity index is 599. The molecule has 1 nitrogen and oxygen atoms in total. The molecule has 1 N–H and O–H groups in total. The van der Waals surface area contributed by atoms with Crippen molar-refractivity contribution in [3.8, 4) is 0 Å². The molecule has 0 bridgehead atoms. The van der Waals surface area contributed by atoms with Crippen LogP contribution in [-0.4, -0.2) is 0 Å². The van der Waals surface area contributed by atoms with Crippen LogP contribution in [-0.2, 0) is 0 Å². The molecule has 0 spiro atoms. The lowest BCUT2D eigenvalue weighted by Crippen LogP contribution is -2.09. The lowest BCUT2D eigenvalue weighted by molar-refractivity contribution is 0.593. The van der Waals surface area contributed by atoms with Crippen molar-refractivity contribution in [3.63, 3.8) is 0 Å². The second-order valence-electron chi connectivity index (χ2n) is 4.47. The average Bonchev–Trinajstić information content (AvgIpc) is 2.36. The molecule has 0 aliphatic rings. The van der Waals surface area contributed by atoms with Gasteiger partial charge in [-0.25, -0.2) is 8.78 Å². The van der Waals surface area contributed by atoms with E-state index in [0.29, 0.717) is 5.02 Å². The summed E-state index contributed by atoms with van der Waals surface area (Å²) in [4.78, 5) is 0. The summed E-state index contributed by atoms with van der Waals surface area (Å²) in [6.45, 7) is 3.37. The third-order valence-corrected chi connectivity index (χ3v) is 3.34. The summed E-state index contributed by atoms with van der Waals surface area (Å²) < 4.78 is 27.2. The van der Waals surface area contributed by atoms with Crippen molar-refractivity contribution in [2.75, 3.05) is 5.32 Å². The van der Waals surface area contributed by atoms with Gasteiger partial charge in [0.2, 0.25) is 0 Å². The lowest BCUT2D eigenvalue weighted by Gasteiger charge is -2.18. The van der Waals surface area contributed by atoms with Crippen molar-refractivity contribution < 1.29 is 8.78 Å². The van der Waals surface area contributed by atoms with Crippen molar-refractivity contribution in [1.29, 1.82) is 0 Å². The van der Waals surface area contributed by atoms with E-state index in [9.17, 15) is 8.78 Å². The number of rotatable bonds is 3. The van der Waals surface area contributed by atoms with E-state index in [2.05, 4.69) is 5.32 Å². The number of aryl methyl sites for hydroxylation is 1. The van der Waals surface area contributed by atoms with Crippen LogP contribution in [0.25, 0.3) is 0 Å². The predicted molar refractivity (Wildman–Crippen MR) is 74.6 cm³/mol. The van der Waals surface area contributed by atoms with E-state index in [-0.39, 0.29) is 17.3 Å². The summed E-state index contributed by atoms with van der Waals surface area (Å²) in [5.41, 5.74) is 1.26. The summed E-state index contributed by atoms with van der Waals surface area (Å²) in [5, 5.41) is 3.53. The Morgan fingerprint density at radius 1 is 1.11 bits per heavy atom. The molecule has 0 aromatic heterocycles. The molecular formula is C15H14ClF2N. The van der Waals surface area contributed by atoms with Gasteiger partial charge in [0, 0.05) is 11.1 Å². The molecule has 2 rings (SSSR count). The molecule has 1 atom stereocenters. The normalized spacial score (nSPS) is 12.3. The Kier molecular flexibility index (Phi) is 4.05. The highest BCUT2D eigenvalue weighted by Crippen LogP contribution is 2.27. The van der Waals surface area contributed by atoms with Crippen molar-refractivity contribution in [3.05, 3.63) is 64.2 Å². The number of hydrogen-bond acceptors (Lipinski definition) is 1. The molecular weight excluding hydrogens is 268 g/mol. The molecule has 2 aromatic rings. The topological polar surface area (TPSA) is 12.0 Å². The van der Waals surface area contributed by atoms with Crippen LogP contribution < -0.4 is 5.32 Å². The van der Waals surface area contributed by atoms with E-state index in [4.69, 9.17) is 11.6 Å². The number of benzene rings is 2. The second-order valence-corrected chi connectivity index (χ2v) is 4.88. The number of halogens is 3. The quantitative estimate of drug-likeness (QED) is 0.825. The van der Waals surface area contributed by atoms with Gasteiger partial charge in [-0.05, 0) is 37.1 Å². The molecule has 0 radical (unpaired) electrons. The standard InChI is InChI=1S/C15H14ClF2N/c1-9-7-14(18)15(8-13(9)17)19-10(2)11-5-3-4-6-12(11)16/h3-8,10,19H,1-2H3. The van der Waals surface area contributed by atoms with Gasteiger partial charge in [0.15, 0.2) is 0 Å². The molecule has 1 unspecified atom stereocenters. The van der Waals surface area contributed by atoms with E-state index >= 15 is 0 Å². The minimum absolute atomic E-state index is 0.135. The zero-order valence-electron chi connectivity index (χ0n) is 10.7. The van der Waals surface area contributed by atoms with Crippen LogP contribution in [0.5, 0.6) is 0 Å². The number of hydrogen-bond donors (Lipinski definition) is 1. The molecule has 0 saturated heterocycles. The smallest absolute Gasteiger partial charge is 0.146 e. The van der Waals surface area contributed by atoms with Crippen LogP contribution >= 0.6 is 11.6 Å². The van der Waals surface area contributed by atoms with Gasteiger partial charge in [0.1, 0.15) is 11.6 Å². The summed E-state index contributed by atoms with van der Waals surface area (Å²) in [6.07, 6.45) is 0. The van der Waals surface area contributed by atoms with Crippen molar-refractivity contribution in [2.45, 2.75) is 19.9 Å². The Morgan fingerprint density at radius 2 is 1.79 bits per heavy atom. The molecule has 0 fully saturated rings. The van der Waals surface area contributed by atoms with Crippen LogP contribution in [0.15, 0.2) is 36.4 Å². The van der Waals surface area contributed by atoms with E-state index in [1.165, 1.54) is 13.0 Å². The largest absolute Gasteiger partial charge is 0.376 e. The van der Waals surface area contributed by atoms with Crippen LogP contribution in [0.3, 0.4) is 0 Å². The summed E-state index contributed by atoms with van der Waals surface area (Å²) in [5.74, 6) is -0.909. The third-order valence-electron chi connectivity index (χ3n) is 2.99. The van der Waals surface area contributed by atoms with Gasteiger partial charge < -0.3 is 5.32 Å². The van der Waals surface area contributed by atoms with E-state index in [1.54, 1.807) is 6.07 Å². The first-order valence-corrected chi connectivity index (χ1v) is 6.33. The molecule has 0 amide bonds. The van der Waals surface area contributed by atoms with Gasteiger partial charge >= 0.3 is 0 Å². The fourth-order valence-electron chi connectivity index (χ4n) is 1.89. The maximum absolute atomic E-state index is 13.7. The molecule has 19 heavy (non-hydrogen) atoms. The first-order chi connectivity index (χ1) is 8.99. The summed E-state index contributed by atoms with van der Waals surface area (Å²) >= 11 is 6.07. The fourth-order valence-corrected chi connectivity index (χ4v) is 2.19. The Morgan fingerprint density at radius 3 is 2.47 bits per heavy atom. The fraction of sp³-hybridized carbons (Fsp3) is 0.200. The van der Waals surface area contributed by atoms with Gasteiger partial charge in [0.25, 0.3) is 0 Å². The zero-order chi connectivity index (χ0) is 14.0. The minimum Gasteiger partial charge on any atom is -0.376 e. The lowest BCUT2D eigenvalue weighted by atomic mass is 10.1. The van der Waals surface area contributed by atoms with Crippen LogP contribution in [0.2, 0.25) is 5.02 Å². The highest BCUT2D eigenvalue weighted by Gasteiger charge is 2.13. The van der Waals surface area contributed by atoms with Crippen molar-refractivity contribution >= 4 is 17.3 Å². The van der Waals surface area contributed by atoms with E-state index < -0.39 is 11.6 Å². The molecule has 4 heteroatoms. The van der Waals surface area contributed by atoms with E-state index in [1.807, 2.05) is 25.1 Å². The minimum atomic E-state index is -0.474. The first-order valence-electron chi connectivity index (χ1n) is 5.95. The Balaban J connectivity index is 2.27. The number of anilines is 1.